The first-order valence-corrected chi connectivity index (χ1v) is 15.5. The third-order valence-electron chi connectivity index (χ3n) is 8.79. The van der Waals surface area contributed by atoms with Gasteiger partial charge in [0.05, 0.1) is 16.0 Å². The SMILES string of the molecule is CC(C)(F)CCNC(O)[C@@H]1N=C(C23CC(N(Cc4ccc(C(F)(F)F)cc4)S(=O)(=O)c4ccccc4)(C2)C3)NC1(C)C. The summed E-state index contributed by atoms with van der Waals surface area (Å²) in [5.74, 6) is 0.720. The lowest BCUT2D eigenvalue weighted by Crippen LogP contribution is -2.78. The first-order valence-electron chi connectivity index (χ1n) is 14.1. The normalized spacial score (nSPS) is 27.6. The highest BCUT2D eigenvalue weighted by Gasteiger charge is 2.75. The van der Waals surface area contributed by atoms with Crippen molar-refractivity contribution in [3.8, 4) is 0 Å². The van der Waals surface area contributed by atoms with E-state index in [9.17, 15) is 31.1 Å². The number of rotatable bonds is 11. The van der Waals surface area contributed by atoms with Crippen LogP contribution in [0.4, 0.5) is 17.6 Å². The van der Waals surface area contributed by atoms with Gasteiger partial charge in [0.25, 0.3) is 0 Å². The fourth-order valence-electron chi connectivity index (χ4n) is 6.52. The van der Waals surface area contributed by atoms with Gasteiger partial charge >= 0.3 is 6.18 Å². The molecular formula is C30H38F4N4O3S. The van der Waals surface area contributed by atoms with Gasteiger partial charge in [0.15, 0.2) is 0 Å². The first-order chi connectivity index (χ1) is 19.4. The average Bonchev–Trinajstić information content (AvgIpc) is 3.16. The van der Waals surface area contributed by atoms with Gasteiger partial charge in [0, 0.05) is 24.0 Å². The first kappa shape index (κ1) is 30.9. The second kappa shape index (κ2) is 10.3. The Bertz CT molecular complexity index is 1420. The van der Waals surface area contributed by atoms with Gasteiger partial charge in [0.1, 0.15) is 23.8 Å². The lowest BCUT2D eigenvalue weighted by molar-refractivity contribution is -0.151. The van der Waals surface area contributed by atoms with Crippen LogP contribution in [0.2, 0.25) is 0 Å². The van der Waals surface area contributed by atoms with E-state index in [0.29, 0.717) is 24.8 Å². The van der Waals surface area contributed by atoms with Crippen LogP contribution in [0.3, 0.4) is 0 Å². The van der Waals surface area contributed by atoms with Gasteiger partial charge in [0.2, 0.25) is 10.0 Å². The van der Waals surface area contributed by atoms with E-state index in [-0.39, 0.29) is 29.8 Å². The highest BCUT2D eigenvalue weighted by molar-refractivity contribution is 7.89. The summed E-state index contributed by atoms with van der Waals surface area (Å²) in [6.07, 6.45) is -3.74. The highest BCUT2D eigenvalue weighted by Crippen LogP contribution is 2.71. The van der Waals surface area contributed by atoms with E-state index in [1.165, 1.54) is 42.4 Å². The van der Waals surface area contributed by atoms with Crippen LogP contribution >= 0.6 is 0 Å². The summed E-state index contributed by atoms with van der Waals surface area (Å²) >= 11 is 0. The third kappa shape index (κ3) is 5.70. The molecule has 3 aliphatic carbocycles. The number of aliphatic hydroxyl groups excluding tert-OH is 1. The number of halogens is 4. The second-order valence-electron chi connectivity index (χ2n) is 13.2. The van der Waals surface area contributed by atoms with Gasteiger partial charge < -0.3 is 10.4 Å². The van der Waals surface area contributed by atoms with Gasteiger partial charge in [-0.2, -0.15) is 17.5 Å². The zero-order valence-electron chi connectivity index (χ0n) is 24.2. The van der Waals surface area contributed by atoms with Crippen molar-refractivity contribution in [2.75, 3.05) is 6.54 Å². The molecule has 7 nitrogen and oxygen atoms in total. The molecule has 3 N–H and O–H groups in total. The van der Waals surface area contributed by atoms with Crippen LogP contribution in [0.5, 0.6) is 0 Å². The van der Waals surface area contributed by atoms with Crippen LogP contribution in [0, 0.1) is 5.41 Å². The van der Waals surface area contributed by atoms with Crippen molar-refractivity contribution in [3.63, 3.8) is 0 Å². The Morgan fingerprint density at radius 1 is 1.05 bits per heavy atom. The molecule has 0 aromatic heterocycles. The lowest BCUT2D eigenvalue weighted by atomic mass is 9.38. The molecule has 1 aliphatic heterocycles. The number of nitrogens with one attached hydrogen (secondary N) is 2. The number of aliphatic hydroxyl groups is 1. The summed E-state index contributed by atoms with van der Waals surface area (Å²) < 4.78 is 82.5. The minimum Gasteiger partial charge on any atom is -0.376 e. The third-order valence-corrected chi connectivity index (χ3v) is 10.8. The van der Waals surface area contributed by atoms with Crippen LogP contribution in [0.25, 0.3) is 0 Å². The Morgan fingerprint density at radius 3 is 2.19 bits per heavy atom. The number of sulfonamides is 1. The number of amidine groups is 1. The summed E-state index contributed by atoms with van der Waals surface area (Å²) in [4.78, 5) is 4.96. The standard InChI is InChI=1S/C30H38F4N4O3S/c1-26(2,31)14-15-35-24(39)23-27(3,4)37-25(36-23)28-17-29(18-28,19-28)38(42(40,41)22-8-6-5-7-9-22)16-20-10-12-21(13-11-20)30(32,33)34/h5-13,23-24,35,39H,14-19H2,1-4H3,(H,36,37)/t23-,24?,28?,29?/m0/s1. The number of hydrogen-bond donors (Lipinski definition) is 3. The molecule has 42 heavy (non-hydrogen) atoms. The summed E-state index contributed by atoms with van der Waals surface area (Å²) in [5.41, 5.74) is -3.36. The number of nitrogens with zero attached hydrogens (tertiary/aromatic N) is 2. The molecule has 1 unspecified atom stereocenters. The summed E-state index contributed by atoms with van der Waals surface area (Å²) in [6.45, 7) is 7.04. The molecule has 230 valence electrons. The monoisotopic (exact) mass is 610 g/mol. The fourth-order valence-corrected chi connectivity index (χ4v) is 8.30. The quantitative estimate of drug-likeness (QED) is 0.246. The van der Waals surface area contributed by atoms with E-state index < -0.39 is 50.8 Å². The Kier molecular flexibility index (Phi) is 7.56. The van der Waals surface area contributed by atoms with Crippen LogP contribution in [-0.2, 0) is 22.7 Å². The zero-order chi connectivity index (χ0) is 30.8. The van der Waals surface area contributed by atoms with Crippen molar-refractivity contribution < 1.29 is 31.1 Å². The number of benzene rings is 2. The molecule has 2 aromatic rings. The molecule has 1 heterocycles. The van der Waals surface area contributed by atoms with Crippen LogP contribution in [-0.4, -0.2) is 59.2 Å². The molecule has 3 saturated carbocycles. The van der Waals surface area contributed by atoms with Crippen molar-refractivity contribution in [2.45, 2.75) is 100 Å². The van der Waals surface area contributed by atoms with E-state index >= 15 is 0 Å². The molecular weight excluding hydrogens is 572 g/mol. The van der Waals surface area contributed by atoms with Gasteiger partial charge in [-0.15, -0.1) is 0 Å². The van der Waals surface area contributed by atoms with Crippen molar-refractivity contribution in [2.24, 2.45) is 10.4 Å². The van der Waals surface area contributed by atoms with Crippen LogP contribution in [0.15, 0.2) is 64.5 Å². The predicted octanol–water partition coefficient (Wildman–Crippen LogP) is 5.01. The van der Waals surface area contributed by atoms with E-state index in [2.05, 4.69) is 10.6 Å². The van der Waals surface area contributed by atoms with Crippen molar-refractivity contribution in [1.82, 2.24) is 14.9 Å². The Hall–Kier alpha value is -2.54. The predicted molar refractivity (Wildman–Crippen MR) is 152 cm³/mol. The van der Waals surface area contributed by atoms with E-state index in [1.54, 1.807) is 18.2 Å². The van der Waals surface area contributed by atoms with Crippen molar-refractivity contribution in [1.29, 1.82) is 0 Å². The molecule has 2 atom stereocenters. The maximum atomic E-state index is 13.9. The fraction of sp³-hybridized carbons (Fsp3) is 0.567. The van der Waals surface area contributed by atoms with E-state index in [0.717, 1.165) is 18.0 Å². The molecule has 0 saturated heterocycles. The smallest absolute Gasteiger partial charge is 0.376 e. The molecule has 0 radical (unpaired) electrons. The molecule has 2 bridgehead atoms. The molecule has 4 aliphatic rings. The second-order valence-corrected chi connectivity index (χ2v) is 15.1. The van der Waals surface area contributed by atoms with E-state index in [1.807, 2.05) is 13.8 Å². The van der Waals surface area contributed by atoms with Gasteiger partial charge in [-0.25, -0.2) is 12.8 Å². The van der Waals surface area contributed by atoms with Crippen molar-refractivity contribution >= 4 is 15.9 Å². The zero-order valence-corrected chi connectivity index (χ0v) is 25.0. The maximum Gasteiger partial charge on any atom is 0.416 e. The minimum atomic E-state index is -4.48. The summed E-state index contributed by atoms with van der Waals surface area (Å²) in [7, 11) is -3.97. The number of alkyl halides is 4. The summed E-state index contributed by atoms with van der Waals surface area (Å²) in [5, 5.41) is 17.3. The maximum absolute atomic E-state index is 13.9. The van der Waals surface area contributed by atoms with E-state index in [4.69, 9.17) is 4.99 Å². The topological polar surface area (TPSA) is 94.0 Å². The minimum absolute atomic E-state index is 0.0625. The van der Waals surface area contributed by atoms with Gasteiger partial charge in [-0.05, 0) is 83.2 Å². The van der Waals surface area contributed by atoms with Crippen LogP contribution < -0.4 is 10.6 Å². The summed E-state index contributed by atoms with van der Waals surface area (Å²) in [6, 6.07) is 12.1. The Balaban J connectivity index is 1.36. The lowest BCUT2D eigenvalue weighted by Gasteiger charge is -2.73. The van der Waals surface area contributed by atoms with Crippen molar-refractivity contribution in [3.05, 3.63) is 65.7 Å². The van der Waals surface area contributed by atoms with Gasteiger partial charge in [-0.1, -0.05) is 30.3 Å². The number of aliphatic imine (C=N–C) groups is 1. The highest BCUT2D eigenvalue weighted by atomic mass is 32.2. The Morgan fingerprint density at radius 2 is 1.64 bits per heavy atom. The molecule has 2 aromatic carbocycles. The molecule has 0 amide bonds. The Labute approximate surface area is 244 Å². The van der Waals surface area contributed by atoms with Crippen LogP contribution in [0.1, 0.15) is 64.5 Å². The molecule has 12 heteroatoms. The van der Waals surface area contributed by atoms with Gasteiger partial charge in [-0.3, -0.25) is 10.3 Å². The number of hydrogen-bond acceptors (Lipinski definition) is 6. The largest absolute Gasteiger partial charge is 0.416 e. The molecule has 6 rings (SSSR count). The molecule has 3 fully saturated rings. The average molecular weight is 611 g/mol. The molecule has 0 spiro atoms.